The number of hydrogen-bond donors (Lipinski definition) is 1. The molecule has 1 heterocycles. The van der Waals surface area contributed by atoms with Gasteiger partial charge in [-0.1, -0.05) is 32.0 Å². The number of rotatable bonds is 4. The number of para-hydroxylation sites is 2. The van der Waals surface area contributed by atoms with E-state index in [0.29, 0.717) is 35.6 Å². The molecular weight excluding hydrogens is 319 g/mol. The highest BCUT2D eigenvalue weighted by atomic mass is 19.1. The van der Waals surface area contributed by atoms with Gasteiger partial charge in [0, 0.05) is 5.69 Å². The number of aromatic nitrogens is 1. The molecule has 1 N–H and O–H groups in total. The summed E-state index contributed by atoms with van der Waals surface area (Å²) < 4.78 is 19.9. The second-order valence-electron chi connectivity index (χ2n) is 6.91. The van der Waals surface area contributed by atoms with Crippen LogP contribution in [-0.4, -0.2) is 10.9 Å². The highest BCUT2D eigenvalue weighted by molar-refractivity contribution is 6.01. The van der Waals surface area contributed by atoms with Gasteiger partial charge in [-0.05, 0) is 48.6 Å². The van der Waals surface area contributed by atoms with E-state index in [1.165, 1.54) is 6.07 Å². The van der Waals surface area contributed by atoms with Gasteiger partial charge in [0.25, 0.3) is 0 Å². The number of halogens is 1. The average molecular weight is 338 g/mol. The van der Waals surface area contributed by atoms with Crippen LogP contribution in [0.15, 0.2) is 46.9 Å². The Balaban J connectivity index is 1.59. The molecule has 1 aliphatic carbocycles. The monoisotopic (exact) mass is 338 g/mol. The Morgan fingerprint density at radius 1 is 1.24 bits per heavy atom. The lowest BCUT2D eigenvalue weighted by atomic mass is 10.0. The molecule has 25 heavy (non-hydrogen) atoms. The quantitative estimate of drug-likeness (QED) is 0.746. The molecule has 0 aliphatic heterocycles. The molecule has 5 heteroatoms. The van der Waals surface area contributed by atoms with E-state index in [2.05, 4.69) is 10.3 Å². The zero-order chi connectivity index (χ0) is 17.6. The largest absolute Gasteiger partial charge is 0.440 e. The third-order valence-electron chi connectivity index (χ3n) is 4.77. The Hall–Kier alpha value is -2.69. The van der Waals surface area contributed by atoms with Gasteiger partial charge in [-0.15, -0.1) is 0 Å². The molecule has 0 spiro atoms. The van der Waals surface area contributed by atoms with E-state index in [-0.39, 0.29) is 17.6 Å². The first-order chi connectivity index (χ1) is 12.0. The van der Waals surface area contributed by atoms with E-state index in [9.17, 15) is 9.18 Å². The lowest BCUT2D eigenvalue weighted by molar-refractivity contribution is -0.119. The predicted molar refractivity (Wildman–Crippen MR) is 94.0 cm³/mol. The van der Waals surface area contributed by atoms with Crippen molar-refractivity contribution in [1.82, 2.24) is 4.98 Å². The summed E-state index contributed by atoms with van der Waals surface area (Å²) in [4.78, 5) is 17.2. The minimum absolute atomic E-state index is 0.0966. The van der Waals surface area contributed by atoms with Crippen molar-refractivity contribution >= 4 is 22.7 Å². The van der Waals surface area contributed by atoms with Gasteiger partial charge in [0.05, 0.1) is 0 Å². The van der Waals surface area contributed by atoms with Crippen molar-refractivity contribution in [3.8, 4) is 0 Å². The molecule has 4 nitrogen and oxygen atoms in total. The fourth-order valence-corrected chi connectivity index (χ4v) is 3.06. The van der Waals surface area contributed by atoms with Gasteiger partial charge >= 0.3 is 0 Å². The second-order valence-corrected chi connectivity index (χ2v) is 6.91. The molecule has 1 fully saturated rings. The van der Waals surface area contributed by atoms with E-state index in [0.717, 1.165) is 5.52 Å². The Morgan fingerprint density at radius 2 is 2.00 bits per heavy atom. The number of carbonyl (C=O) groups is 1. The lowest BCUT2D eigenvalue weighted by Gasteiger charge is -2.13. The molecule has 0 atom stereocenters. The molecule has 4 rings (SSSR count). The van der Waals surface area contributed by atoms with Crippen molar-refractivity contribution < 1.29 is 13.6 Å². The van der Waals surface area contributed by atoms with Crippen LogP contribution in [0.2, 0.25) is 0 Å². The summed E-state index contributed by atoms with van der Waals surface area (Å²) in [5.41, 5.74) is 1.76. The number of anilines is 1. The van der Waals surface area contributed by atoms with Crippen LogP contribution in [-0.2, 0) is 10.2 Å². The first-order valence-electron chi connectivity index (χ1n) is 8.46. The maximum atomic E-state index is 14.1. The van der Waals surface area contributed by atoms with E-state index in [1.807, 2.05) is 38.1 Å². The van der Waals surface area contributed by atoms with Crippen LogP contribution in [0.5, 0.6) is 0 Å². The number of amides is 1. The number of oxazole rings is 1. The first kappa shape index (κ1) is 15.8. The zero-order valence-corrected chi connectivity index (χ0v) is 14.2. The normalized spacial score (nSPS) is 15.5. The van der Waals surface area contributed by atoms with Gasteiger partial charge < -0.3 is 9.73 Å². The highest BCUT2D eigenvalue weighted by Gasteiger charge is 2.55. The molecule has 1 aliphatic rings. The fraction of sp³-hybridized carbons (Fsp3) is 0.300. The van der Waals surface area contributed by atoms with Gasteiger partial charge in [-0.25, -0.2) is 9.37 Å². The van der Waals surface area contributed by atoms with Gasteiger partial charge in [0.15, 0.2) is 5.58 Å². The fourth-order valence-electron chi connectivity index (χ4n) is 3.06. The number of fused-ring (bicyclic) bond motifs is 1. The van der Waals surface area contributed by atoms with Crippen molar-refractivity contribution in [2.45, 2.75) is 38.0 Å². The summed E-state index contributed by atoms with van der Waals surface area (Å²) in [5.74, 6) is 0.0278. The third kappa shape index (κ3) is 2.69. The van der Waals surface area contributed by atoms with Crippen LogP contribution in [0, 0.1) is 5.82 Å². The number of carbonyl (C=O) groups excluding carboxylic acids is 1. The van der Waals surface area contributed by atoms with Crippen molar-refractivity contribution in [2.24, 2.45) is 0 Å². The molecule has 1 saturated carbocycles. The number of nitrogens with zero attached hydrogens (tertiary/aromatic N) is 1. The number of hydrogen-bond acceptors (Lipinski definition) is 3. The average Bonchev–Trinajstić information content (AvgIpc) is 3.28. The van der Waals surface area contributed by atoms with Crippen LogP contribution in [0.4, 0.5) is 10.1 Å². The Morgan fingerprint density at radius 3 is 2.64 bits per heavy atom. The van der Waals surface area contributed by atoms with Crippen LogP contribution < -0.4 is 5.32 Å². The molecule has 0 saturated heterocycles. The van der Waals surface area contributed by atoms with Crippen LogP contribution in [0.3, 0.4) is 0 Å². The molecule has 128 valence electrons. The standard InChI is InChI=1S/C20H19FN2O2/c1-12(2)14-8-7-13(11-15(14)21)22-18(24)20(9-10-20)19-23-16-5-3-4-6-17(16)25-19/h3-8,11-12H,9-10H2,1-2H3,(H,22,24). The summed E-state index contributed by atoms with van der Waals surface area (Å²) >= 11 is 0. The van der Waals surface area contributed by atoms with E-state index in [4.69, 9.17) is 4.42 Å². The van der Waals surface area contributed by atoms with Gasteiger partial charge in [-0.2, -0.15) is 0 Å². The van der Waals surface area contributed by atoms with Gasteiger partial charge in [-0.3, -0.25) is 4.79 Å². The maximum absolute atomic E-state index is 14.1. The number of nitrogens with one attached hydrogen (secondary N) is 1. The zero-order valence-electron chi connectivity index (χ0n) is 14.2. The molecule has 0 radical (unpaired) electrons. The predicted octanol–water partition coefficient (Wildman–Crippen LogP) is 4.76. The SMILES string of the molecule is CC(C)c1ccc(NC(=O)C2(c3nc4ccccc4o3)CC2)cc1F. The Bertz CT molecular complexity index is 924. The van der Waals surface area contributed by atoms with Gasteiger partial charge in [0.1, 0.15) is 16.7 Å². The Labute approximate surface area is 145 Å². The molecular formula is C20H19FN2O2. The minimum atomic E-state index is -0.744. The third-order valence-corrected chi connectivity index (χ3v) is 4.77. The summed E-state index contributed by atoms with van der Waals surface area (Å²) in [6.45, 7) is 3.87. The Kier molecular flexibility index (Phi) is 3.60. The lowest BCUT2D eigenvalue weighted by Crippen LogP contribution is -2.28. The van der Waals surface area contributed by atoms with Crippen LogP contribution >= 0.6 is 0 Å². The van der Waals surface area contributed by atoms with E-state index in [1.54, 1.807) is 12.1 Å². The molecule has 0 unspecified atom stereocenters. The van der Waals surface area contributed by atoms with Crippen molar-refractivity contribution in [2.75, 3.05) is 5.32 Å². The van der Waals surface area contributed by atoms with E-state index < -0.39 is 5.41 Å². The maximum Gasteiger partial charge on any atom is 0.239 e. The first-order valence-corrected chi connectivity index (χ1v) is 8.46. The molecule has 3 aromatic rings. The summed E-state index contributed by atoms with van der Waals surface area (Å²) in [6, 6.07) is 12.3. The van der Waals surface area contributed by atoms with Gasteiger partial charge in [0.2, 0.25) is 11.8 Å². The summed E-state index contributed by atoms with van der Waals surface area (Å²) in [5, 5.41) is 2.82. The molecule has 2 aromatic carbocycles. The smallest absolute Gasteiger partial charge is 0.239 e. The summed E-state index contributed by atoms with van der Waals surface area (Å²) in [7, 11) is 0. The number of benzene rings is 2. The van der Waals surface area contributed by atoms with Crippen LogP contribution in [0.1, 0.15) is 44.1 Å². The molecule has 0 bridgehead atoms. The van der Waals surface area contributed by atoms with Crippen molar-refractivity contribution in [3.05, 3.63) is 59.7 Å². The van der Waals surface area contributed by atoms with E-state index >= 15 is 0 Å². The molecule has 1 amide bonds. The topological polar surface area (TPSA) is 55.1 Å². The summed E-state index contributed by atoms with van der Waals surface area (Å²) in [6.07, 6.45) is 1.36. The van der Waals surface area contributed by atoms with Crippen molar-refractivity contribution in [3.63, 3.8) is 0 Å². The second kappa shape index (κ2) is 5.69. The van der Waals surface area contributed by atoms with Crippen LogP contribution in [0.25, 0.3) is 11.1 Å². The highest BCUT2D eigenvalue weighted by Crippen LogP contribution is 2.49. The minimum Gasteiger partial charge on any atom is -0.440 e. The molecule has 1 aromatic heterocycles. The van der Waals surface area contributed by atoms with Crippen molar-refractivity contribution in [1.29, 1.82) is 0 Å².